The lowest BCUT2D eigenvalue weighted by Crippen LogP contribution is -2.23. The lowest BCUT2D eigenvalue weighted by atomic mass is 10.1. The zero-order valence-corrected chi connectivity index (χ0v) is 14.8. The van der Waals surface area contributed by atoms with E-state index in [1.165, 1.54) is 5.56 Å². The van der Waals surface area contributed by atoms with Crippen LogP contribution in [-0.2, 0) is 13.1 Å². The zero-order valence-electron chi connectivity index (χ0n) is 14.8. The molecule has 2 aromatic heterocycles. The van der Waals surface area contributed by atoms with Gasteiger partial charge in [-0.05, 0) is 38.5 Å². The van der Waals surface area contributed by atoms with Crippen molar-refractivity contribution < 1.29 is 4.79 Å². The molecule has 3 rings (SSSR count). The van der Waals surface area contributed by atoms with Crippen molar-refractivity contribution in [2.75, 3.05) is 0 Å². The van der Waals surface area contributed by atoms with E-state index in [1.54, 1.807) is 12.3 Å². The van der Waals surface area contributed by atoms with Crippen LogP contribution in [0.25, 0.3) is 0 Å². The van der Waals surface area contributed by atoms with E-state index in [0.29, 0.717) is 12.1 Å². The molecule has 5 heteroatoms. The van der Waals surface area contributed by atoms with Gasteiger partial charge in [0.15, 0.2) is 0 Å². The Kier molecular flexibility index (Phi) is 4.93. The minimum Gasteiger partial charge on any atom is -0.348 e. The third-order valence-electron chi connectivity index (χ3n) is 4.31. The van der Waals surface area contributed by atoms with Crippen molar-refractivity contribution in [2.24, 2.45) is 0 Å². The van der Waals surface area contributed by atoms with E-state index in [0.717, 1.165) is 29.2 Å². The van der Waals surface area contributed by atoms with Gasteiger partial charge < -0.3 is 5.32 Å². The molecule has 0 saturated heterocycles. The van der Waals surface area contributed by atoms with E-state index in [2.05, 4.69) is 27.5 Å². The van der Waals surface area contributed by atoms with Crippen LogP contribution >= 0.6 is 0 Å². The van der Waals surface area contributed by atoms with Gasteiger partial charge in [0.05, 0.1) is 17.8 Å². The number of amides is 1. The van der Waals surface area contributed by atoms with Gasteiger partial charge in [-0.2, -0.15) is 5.10 Å². The molecule has 5 nitrogen and oxygen atoms in total. The maximum atomic E-state index is 12.3. The predicted molar refractivity (Wildman–Crippen MR) is 97.4 cm³/mol. The van der Waals surface area contributed by atoms with Crippen LogP contribution in [0.15, 0.2) is 48.7 Å². The zero-order chi connectivity index (χ0) is 17.8. The number of nitrogens with zero attached hydrogens (tertiary/aromatic N) is 3. The van der Waals surface area contributed by atoms with Crippen LogP contribution in [-0.4, -0.2) is 20.7 Å². The average molecular weight is 334 g/mol. The first-order chi connectivity index (χ1) is 12.0. The Balaban J connectivity index is 1.70. The molecule has 0 atom stereocenters. The number of pyridine rings is 1. The van der Waals surface area contributed by atoms with Gasteiger partial charge in [-0.15, -0.1) is 0 Å². The summed E-state index contributed by atoms with van der Waals surface area (Å²) in [6.45, 7) is 7.10. The van der Waals surface area contributed by atoms with E-state index in [1.807, 2.05) is 49.7 Å². The Morgan fingerprint density at radius 2 is 1.84 bits per heavy atom. The molecular formula is C20H22N4O. The van der Waals surface area contributed by atoms with Crippen molar-refractivity contribution >= 4 is 5.91 Å². The van der Waals surface area contributed by atoms with Gasteiger partial charge in [0.2, 0.25) is 0 Å². The first kappa shape index (κ1) is 16.9. The highest BCUT2D eigenvalue weighted by Crippen LogP contribution is 2.15. The molecule has 0 aliphatic heterocycles. The van der Waals surface area contributed by atoms with Gasteiger partial charge in [0, 0.05) is 29.7 Å². The molecule has 0 unspecified atom stereocenters. The minimum atomic E-state index is -0.123. The summed E-state index contributed by atoms with van der Waals surface area (Å²) in [5.74, 6) is -0.123. The Hall–Kier alpha value is -2.95. The van der Waals surface area contributed by atoms with Crippen LogP contribution in [0.2, 0.25) is 0 Å². The Morgan fingerprint density at radius 1 is 1.08 bits per heavy atom. The fourth-order valence-corrected chi connectivity index (χ4v) is 2.77. The van der Waals surface area contributed by atoms with Crippen LogP contribution in [0.5, 0.6) is 0 Å². The van der Waals surface area contributed by atoms with Gasteiger partial charge in [0.1, 0.15) is 0 Å². The summed E-state index contributed by atoms with van der Waals surface area (Å²) in [5, 5.41) is 7.58. The highest BCUT2D eigenvalue weighted by Gasteiger charge is 2.13. The van der Waals surface area contributed by atoms with E-state index in [9.17, 15) is 4.79 Å². The average Bonchev–Trinajstić information content (AvgIpc) is 2.88. The second kappa shape index (κ2) is 7.30. The quantitative estimate of drug-likeness (QED) is 0.779. The van der Waals surface area contributed by atoms with Crippen LogP contribution in [0, 0.1) is 20.8 Å². The molecule has 3 aromatic rings. The van der Waals surface area contributed by atoms with Crippen molar-refractivity contribution in [3.63, 3.8) is 0 Å². The predicted octanol–water partition coefficient (Wildman–Crippen LogP) is 3.18. The number of carbonyl (C=O) groups excluding carboxylic acids is 1. The summed E-state index contributed by atoms with van der Waals surface area (Å²) in [6.07, 6.45) is 1.60. The monoisotopic (exact) mass is 334 g/mol. The molecule has 1 amide bonds. The summed E-state index contributed by atoms with van der Waals surface area (Å²) in [4.78, 5) is 16.4. The molecular weight excluding hydrogens is 312 g/mol. The summed E-state index contributed by atoms with van der Waals surface area (Å²) in [6, 6.07) is 13.9. The van der Waals surface area contributed by atoms with Crippen LogP contribution in [0.4, 0.5) is 0 Å². The minimum absolute atomic E-state index is 0.123. The van der Waals surface area contributed by atoms with Crippen molar-refractivity contribution in [3.8, 4) is 0 Å². The molecule has 0 fully saturated rings. The number of rotatable bonds is 5. The molecule has 0 bridgehead atoms. The SMILES string of the molecule is Cc1ccc(C(=O)NCc2c(C)nn(Cc3ccccc3)c2C)cn1. The molecule has 0 aliphatic carbocycles. The number of aryl methyl sites for hydroxylation is 2. The van der Waals surface area contributed by atoms with E-state index >= 15 is 0 Å². The highest BCUT2D eigenvalue weighted by molar-refractivity contribution is 5.93. The van der Waals surface area contributed by atoms with Gasteiger partial charge in [-0.25, -0.2) is 0 Å². The van der Waals surface area contributed by atoms with E-state index < -0.39 is 0 Å². The first-order valence-electron chi connectivity index (χ1n) is 8.32. The topological polar surface area (TPSA) is 59.8 Å². The third kappa shape index (κ3) is 3.94. The summed E-state index contributed by atoms with van der Waals surface area (Å²) in [5.41, 5.74) is 5.74. The number of benzene rings is 1. The van der Waals surface area contributed by atoms with Crippen molar-refractivity contribution in [1.82, 2.24) is 20.1 Å². The standard InChI is InChI=1S/C20H22N4O/c1-14-9-10-18(11-21-14)20(25)22-12-19-15(2)23-24(16(19)3)13-17-7-5-4-6-8-17/h4-11H,12-13H2,1-3H3,(H,22,25). The molecule has 0 spiro atoms. The lowest BCUT2D eigenvalue weighted by Gasteiger charge is -2.07. The van der Waals surface area contributed by atoms with E-state index in [-0.39, 0.29) is 5.91 Å². The maximum absolute atomic E-state index is 12.3. The molecule has 128 valence electrons. The molecule has 25 heavy (non-hydrogen) atoms. The van der Waals surface area contributed by atoms with Gasteiger partial charge in [-0.1, -0.05) is 30.3 Å². The summed E-state index contributed by atoms with van der Waals surface area (Å²) < 4.78 is 1.99. The van der Waals surface area contributed by atoms with Crippen molar-refractivity contribution in [2.45, 2.75) is 33.9 Å². The maximum Gasteiger partial charge on any atom is 0.253 e. The molecule has 1 aromatic carbocycles. The fourth-order valence-electron chi connectivity index (χ4n) is 2.77. The lowest BCUT2D eigenvalue weighted by molar-refractivity contribution is 0.0950. The normalized spacial score (nSPS) is 10.7. The largest absolute Gasteiger partial charge is 0.348 e. The van der Waals surface area contributed by atoms with E-state index in [4.69, 9.17) is 0 Å². The van der Waals surface area contributed by atoms with Crippen LogP contribution < -0.4 is 5.32 Å². The third-order valence-corrected chi connectivity index (χ3v) is 4.31. The molecule has 1 N–H and O–H groups in total. The van der Waals surface area contributed by atoms with Crippen LogP contribution in [0.3, 0.4) is 0 Å². The first-order valence-corrected chi connectivity index (χ1v) is 8.32. The summed E-state index contributed by atoms with van der Waals surface area (Å²) in [7, 11) is 0. The number of hydrogen-bond acceptors (Lipinski definition) is 3. The Morgan fingerprint density at radius 3 is 2.52 bits per heavy atom. The molecule has 0 radical (unpaired) electrons. The van der Waals surface area contributed by atoms with Gasteiger partial charge >= 0.3 is 0 Å². The van der Waals surface area contributed by atoms with Crippen molar-refractivity contribution in [3.05, 3.63) is 82.4 Å². The highest BCUT2D eigenvalue weighted by atomic mass is 16.1. The Labute approximate surface area is 147 Å². The molecule has 0 aliphatic rings. The Bertz CT molecular complexity index is 867. The van der Waals surface area contributed by atoms with Gasteiger partial charge in [-0.3, -0.25) is 14.5 Å². The second-order valence-corrected chi connectivity index (χ2v) is 6.16. The fraction of sp³-hybridized carbons (Fsp3) is 0.250. The number of carbonyl (C=O) groups is 1. The molecule has 0 saturated carbocycles. The smallest absolute Gasteiger partial charge is 0.253 e. The van der Waals surface area contributed by atoms with Crippen LogP contribution in [0.1, 0.15) is 38.6 Å². The number of aromatic nitrogens is 3. The number of nitrogens with one attached hydrogen (secondary N) is 1. The number of hydrogen-bond donors (Lipinski definition) is 1. The van der Waals surface area contributed by atoms with Gasteiger partial charge in [0.25, 0.3) is 5.91 Å². The summed E-state index contributed by atoms with van der Waals surface area (Å²) >= 11 is 0. The second-order valence-electron chi connectivity index (χ2n) is 6.16. The van der Waals surface area contributed by atoms with Crippen molar-refractivity contribution in [1.29, 1.82) is 0 Å². The molecule has 2 heterocycles.